The van der Waals surface area contributed by atoms with Crippen molar-refractivity contribution in [3.63, 3.8) is 0 Å². The van der Waals surface area contributed by atoms with E-state index in [1.807, 2.05) is 0 Å². The van der Waals surface area contributed by atoms with Gasteiger partial charge in [-0.1, -0.05) is 18.2 Å². The maximum Gasteiger partial charge on any atom is 0.406 e. The Hall–Kier alpha value is -4.34. The molecular weight excluding hydrogens is 417 g/mol. The number of benzene rings is 2. The van der Waals surface area contributed by atoms with Gasteiger partial charge in [0.15, 0.2) is 6.10 Å². The summed E-state index contributed by atoms with van der Waals surface area (Å²) in [4.78, 5) is 34.4. The van der Waals surface area contributed by atoms with E-state index >= 15 is 0 Å². The normalized spacial score (nSPS) is 11.8. The van der Waals surface area contributed by atoms with Crippen LogP contribution in [0.4, 0.5) is 10.2 Å². The van der Waals surface area contributed by atoms with Crippen LogP contribution in [0.2, 0.25) is 0 Å². The van der Waals surface area contributed by atoms with Crippen LogP contribution in [0.15, 0.2) is 54.7 Å². The number of nitro groups is 1. The number of carbonyl (C=O) groups excluding carboxylic acids is 1. The topological polar surface area (TPSA) is 123 Å². The molecule has 2 heterocycles. The molecule has 0 fully saturated rings. The maximum atomic E-state index is 13.6. The molecule has 0 radical (unpaired) electrons. The van der Waals surface area contributed by atoms with Gasteiger partial charge in [0.05, 0.1) is 11.1 Å². The Morgan fingerprint density at radius 3 is 2.72 bits per heavy atom. The number of hydrogen-bond donors (Lipinski definition) is 2. The van der Waals surface area contributed by atoms with E-state index in [-0.39, 0.29) is 11.7 Å². The summed E-state index contributed by atoms with van der Waals surface area (Å²) in [5.41, 5.74) is 2.43. The van der Waals surface area contributed by atoms with Crippen molar-refractivity contribution in [1.29, 1.82) is 0 Å². The van der Waals surface area contributed by atoms with Crippen LogP contribution >= 0.6 is 0 Å². The van der Waals surface area contributed by atoms with Gasteiger partial charge in [0.2, 0.25) is 5.75 Å². The predicted molar refractivity (Wildman–Crippen MR) is 115 cm³/mol. The molecule has 0 spiro atoms. The Morgan fingerprint density at radius 2 is 2.00 bits per heavy atom. The minimum absolute atomic E-state index is 0.0868. The van der Waals surface area contributed by atoms with Crippen LogP contribution in [0.3, 0.4) is 0 Å². The first-order chi connectivity index (χ1) is 15.4. The van der Waals surface area contributed by atoms with Crippen LogP contribution in [0.5, 0.6) is 5.75 Å². The number of rotatable bonds is 6. The number of para-hydroxylation sites is 1. The van der Waals surface area contributed by atoms with Crippen molar-refractivity contribution in [2.45, 2.75) is 13.0 Å². The van der Waals surface area contributed by atoms with Crippen LogP contribution in [0.1, 0.15) is 29.2 Å². The number of carbonyl (C=O) groups is 1. The van der Waals surface area contributed by atoms with Gasteiger partial charge in [-0.15, -0.1) is 0 Å². The lowest BCUT2D eigenvalue weighted by atomic mass is 10.1. The molecule has 1 amide bonds. The molecular formula is C22H18FN5O4. The Labute approximate surface area is 181 Å². The van der Waals surface area contributed by atoms with Crippen molar-refractivity contribution in [3.05, 3.63) is 82.0 Å². The number of H-pyrrole nitrogens is 1. The zero-order chi connectivity index (χ0) is 22.8. The smallest absolute Gasteiger partial charge is 0.406 e. The van der Waals surface area contributed by atoms with Gasteiger partial charge in [-0.3, -0.25) is 4.79 Å². The lowest BCUT2D eigenvalue weighted by Gasteiger charge is -2.13. The third-order valence-electron chi connectivity index (χ3n) is 4.86. The predicted octanol–water partition coefficient (Wildman–Crippen LogP) is 4.17. The molecule has 4 rings (SSSR count). The molecule has 9 nitrogen and oxygen atoms in total. The van der Waals surface area contributed by atoms with E-state index in [4.69, 9.17) is 4.74 Å². The first-order valence-corrected chi connectivity index (χ1v) is 9.65. The van der Waals surface area contributed by atoms with Gasteiger partial charge < -0.3 is 25.2 Å². The fourth-order valence-electron chi connectivity index (χ4n) is 3.30. The fourth-order valence-corrected chi connectivity index (χ4v) is 3.30. The molecule has 1 unspecified atom stereocenters. The van der Waals surface area contributed by atoms with E-state index in [1.165, 1.54) is 37.5 Å². The highest BCUT2D eigenvalue weighted by Crippen LogP contribution is 2.33. The summed E-state index contributed by atoms with van der Waals surface area (Å²) in [5.74, 6) is -0.909. The van der Waals surface area contributed by atoms with Crippen LogP contribution in [0.25, 0.3) is 22.2 Å². The zero-order valence-corrected chi connectivity index (χ0v) is 17.1. The third kappa shape index (κ3) is 3.97. The molecule has 0 bridgehead atoms. The van der Waals surface area contributed by atoms with Crippen molar-refractivity contribution in [1.82, 2.24) is 20.3 Å². The Balaban J connectivity index is 1.70. The molecule has 2 aromatic heterocycles. The summed E-state index contributed by atoms with van der Waals surface area (Å²) >= 11 is 0. The first-order valence-electron chi connectivity index (χ1n) is 9.65. The van der Waals surface area contributed by atoms with Gasteiger partial charge in [0.1, 0.15) is 23.4 Å². The van der Waals surface area contributed by atoms with E-state index in [9.17, 15) is 19.3 Å². The molecule has 2 N–H and O–H groups in total. The van der Waals surface area contributed by atoms with E-state index in [2.05, 4.69) is 20.3 Å². The average Bonchev–Trinajstić information content (AvgIpc) is 3.23. The number of amides is 1. The summed E-state index contributed by atoms with van der Waals surface area (Å²) in [7, 11) is 1.53. The summed E-state index contributed by atoms with van der Waals surface area (Å²) in [6, 6.07) is 12.4. The number of pyridine rings is 1. The highest BCUT2D eigenvalue weighted by molar-refractivity contribution is 6.04. The molecule has 162 valence electrons. The molecule has 0 aliphatic heterocycles. The van der Waals surface area contributed by atoms with Crippen LogP contribution in [-0.2, 0) is 0 Å². The number of aromatic nitrogens is 3. The van der Waals surface area contributed by atoms with Crippen molar-refractivity contribution in [3.8, 4) is 16.9 Å². The third-order valence-corrected chi connectivity index (χ3v) is 4.86. The summed E-state index contributed by atoms with van der Waals surface area (Å²) in [6.45, 7) is 1.66. The summed E-state index contributed by atoms with van der Waals surface area (Å²) in [6.07, 6.45) is 0.560. The molecule has 0 saturated carbocycles. The van der Waals surface area contributed by atoms with Crippen molar-refractivity contribution >= 4 is 22.8 Å². The Bertz CT molecular complexity index is 1340. The van der Waals surface area contributed by atoms with Crippen LogP contribution in [-0.4, -0.2) is 32.8 Å². The number of halogens is 1. The Kier molecular flexibility index (Phi) is 5.50. The number of hydrogen-bond acceptors (Lipinski definition) is 6. The summed E-state index contributed by atoms with van der Waals surface area (Å²) < 4.78 is 19.5. The van der Waals surface area contributed by atoms with E-state index < -0.39 is 22.7 Å². The second-order valence-electron chi connectivity index (χ2n) is 6.98. The molecule has 0 aliphatic rings. The number of imidazole rings is 1. The van der Waals surface area contributed by atoms with Gasteiger partial charge in [-0.25, -0.2) is 9.37 Å². The number of aromatic amines is 1. The number of nitrogens with zero attached hydrogens (tertiary/aromatic N) is 3. The first kappa shape index (κ1) is 20.9. The molecule has 32 heavy (non-hydrogen) atoms. The standard InChI is InChI=1S/C22H18FN5O4/c1-12(20-26-17-8-4-7-16(19(17)27-20)22(29)24-2)32-18-10-14(11-25-21(18)28(30)31)13-5-3-6-15(23)9-13/h3-12H,1-2H3,(H,24,29)(H,26,27). The van der Waals surface area contributed by atoms with E-state index in [0.717, 1.165) is 0 Å². The number of nitrogens with one attached hydrogen (secondary N) is 2. The highest BCUT2D eigenvalue weighted by atomic mass is 19.1. The zero-order valence-electron chi connectivity index (χ0n) is 17.1. The van der Waals surface area contributed by atoms with Crippen molar-refractivity contribution in [2.75, 3.05) is 7.05 Å². The van der Waals surface area contributed by atoms with Crippen molar-refractivity contribution in [2.24, 2.45) is 0 Å². The molecule has 2 aromatic carbocycles. The number of fused-ring (bicyclic) bond motifs is 1. The van der Waals surface area contributed by atoms with E-state index in [0.29, 0.717) is 33.5 Å². The fraction of sp³-hybridized carbons (Fsp3) is 0.136. The van der Waals surface area contributed by atoms with E-state index in [1.54, 1.807) is 31.2 Å². The van der Waals surface area contributed by atoms with Gasteiger partial charge in [0.25, 0.3) is 5.91 Å². The second kappa shape index (κ2) is 8.42. The second-order valence-corrected chi connectivity index (χ2v) is 6.98. The molecule has 0 saturated heterocycles. The van der Waals surface area contributed by atoms with Gasteiger partial charge in [-0.05, 0) is 46.7 Å². The Morgan fingerprint density at radius 1 is 1.22 bits per heavy atom. The minimum atomic E-state index is -0.733. The van der Waals surface area contributed by atoms with Gasteiger partial charge >= 0.3 is 5.82 Å². The minimum Gasteiger partial charge on any atom is -0.474 e. The van der Waals surface area contributed by atoms with Crippen molar-refractivity contribution < 1.29 is 18.8 Å². The highest BCUT2D eigenvalue weighted by Gasteiger charge is 2.23. The lowest BCUT2D eigenvalue weighted by molar-refractivity contribution is -0.390. The average molecular weight is 435 g/mol. The van der Waals surface area contributed by atoms with Gasteiger partial charge in [-0.2, -0.15) is 0 Å². The molecule has 10 heteroatoms. The van der Waals surface area contributed by atoms with Gasteiger partial charge in [0, 0.05) is 18.7 Å². The monoisotopic (exact) mass is 435 g/mol. The lowest BCUT2D eigenvalue weighted by Crippen LogP contribution is -2.18. The van der Waals surface area contributed by atoms with Crippen LogP contribution in [0, 0.1) is 15.9 Å². The maximum absolute atomic E-state index is 13.6. The molecule has 0 aliphatic carbocycles. The SMILES string of the molecule is CNC(=O)c1cccc2[nH]c(C(C)Oc3cc(-c4cccc(F)c4)cnc3[N+](=O)[O-])nc12. The van der Waals surface area contributed by atoms with Crippen LogP contribution < -0.4 is 10.1 Å². The molecule has 1 atom stereocenters. The largest absolute Gasteiger partial charge is 0.474 e. The summed E-state index contributed by atoms with van der Waals surface area (Å²) in [5, 5.41) is 14.0. The molecule has 4 aromatic rings. The quantitative estimate of drug-likeness (QED) is 0.346. The number of ether oxygens (including phenoxy) is 1.